The average Bonchev–Trinajstić information content (AvgIpc) is 2.44. The Bertz CT molecular complexity index is 557. The van der Waals surface area contributed by atoms with E-state index >= 15 is 0 Å². The molecule has 0 aliphatic heterocycles. The summed E-state index contributed by atoms with van der Waals surface area (Å²) in [6.07, 6.45) is 3.76. The number of aliphatic imine (C=N–C) groups is 1. The molecule has 0 heterocycles. The van der Waals surface area contributed by atoms with Crippen LogP contribution in [0.3, 0.4) is 0 Å². The van der Waals surface area contributed by atoms with Gasteiger partial charge in [0.2, 0.25) is 0 Å². The van der Waals surface area contributed by atoms with Crippen LogP contribution in [0, 0.1) is 0 Å². The molecule has 0 amide bonds. The second-order valence-electron chi connectivity index (χ2n) is 4.35. The van der Waals surface area contributed by atoms with Crippen molar-refractivity contribution in [3.8, 4) is 0 Å². The number of nitrogens with two attached hydrogens (primary N) is 1. The maximum atomic E-state index is 5.95. The lowest BCUT2D eigenvalue weighted by molar-refractivity contribution is 1.13. The van der Waals surface area contributed by atoms with E-state index in [4.69, 9.17) is 5.73 Å². The SMILES string of the molecule is C=Cc1ccc(N=C(N)C(=C)S/C=C\C)cc1N(C)C. The number of hydrogen-bond acceptors (Lipinski definition) is 3. The fourth-order valence-electron chi connectivity index (χ4n) is 1.57. The fourth-order valence-corrected chi connectivity index (χ4v) is 2.04. The Morgan fingerprint density at radius 2 is 2.10 bits per heavy atom. The molecule has 0 atom stereocenters. The van der Waals surface area contributed by atoms with Crippen LogP contribution in [-0.2, 0) is 0 Å². The second kappa shape index (κ2) is 7.60. The zero-order valence-corrected chi connectivity index (χ0v) is 13.1. The van der Waals surface area contributed by atoms with Crippen LogP contribution in [0.25, 0.3) is 6.08 Å². The second-order valence-corrected chi connectivity index (χ2v) is 5.35. The van der Waals surface area contributed by atoms with Gasteiger partial charge in [-0.25, -0.2) is 4.99 Å². The van der Waals surface area contributed by atoms with E-state index in [0.29, 0.717) is 5.84 Å². The highest BCUT2D eigenvalue weighted by molar-refractivity contribution is 8.06. The summed E-state index contributed by atoms with van der Waals surface area (Å²) in [6.45, 7) is 9.67. The van der Waals surface area contributed by atoms with Crippen molar-refractivity contribution < 1.29 is 0 Å². The van der Waals surface area contributed by atoms with Gasteiger partial charge in [-0.3, -0.25) is 0 Å². The van der Waals surface area contributed by atoms with Crippen LogP contribution in [0.5, 0.6) is 0 Å². The van der Waals surface area contributed by atoms with E-state index in [1.807, 2.05) is 61.7 Å². The molecular formula is C16H21N3S. The molecule has 0 saturated heterocycles. The first kappa shape index (κ1) is 16.1. The number of thioether (sulfide) groups is 1. The number of anilines is 1. The molecule has 0 aliphatic carbocycles. The molecule has 0 spiro atoms. The molecule has 4 heteroatoms. The lowest BCUT2D eigenvalue weighted by Gasteiger charge is -2.16. The Balaban J connectivity index is 3.06. The summed E-state index contributed by atoms with van der Waals surface area (Å²) in [5.74, 6) is 0.434. The minimum Gasteiger partial charge on any atom is -0.383 e. The van der Waals surface area contributed by atoms with E-state index in [-0.39, 0.29) is 0 Å². The maximum absolute atomic E-state index is 5.95. The minimum absolute atomic E-state index is 0.434. The van der Waals surface area contributed by atoms with Crippen molar-refractivity contribution in [2.45, 2.75) is 6.92 Å². The standard InChI is InChI=1S/C16H21N3S/c1-6-10-20-12(3)16(17)18-14-9-8-13(7-2)15(11-14)19(4)5/h6-11H,2-3H2,1,4-5H3,(H2,17,18)/b10-6-. The number of rotatable bonds is 6. The molecule has 1 rings (SSSR count). The maximum Gasteiger partial charge on any atom is 0.137 e. The summed E-state index contributed by atoms with van der Waals surface area (Å²) >= 11 is 1.46. The lowest BCUT2D eigenvalue weighted by atomic mass is 10.1. The third-order valence-electron chi connectivity index (χ3n) is 2.60. The van der Waals surface area contributed by atoms with Gasteiger partial charge in [-0.05, 0) is 30.0 Å². The van der Waals surface area contributed by atoms with Gasteiger partial charge in [0.25, 0.3) is 0 Å². The Morgan fingerprint density at radius 3 is 2.65 bits per heavy atom. The zero-order chi connectivity index (χ0) is 15.1. The van der Waals surface area contributed by atoms with E-state index in [2.05, 4.69) is 18.2 Å². The summed E-state index contributed by atoms with van der Waals surface area (Å²) < 4.78 is 0. The van der Waals surface area contributed by atoms with Gasteiger partial charge in [0.1, 0.15) is 5.84 Å². The van der Waals surface area contributed by atoms with Crippen molar-refractivity contribution in [2.24, 2.45) is 10.7 Å². The van der Waals surface area contributed by atoms with Crippen LogP contribution in [0.15, 0.2) is 52.7 Å². The Kier molecular flexibility index (Phi) is 6.12. The fraction of sp³-hybridized carbons (Fsp3) is 0.188. The van der Waals surface area contributed by atoms with E-state index in [1.165, 1.54) is 11.8 Å². The van der Waals surface area contributed by atoms with Gasteiger partial charge in [-0.1, -0.05) is 43.1 Å². The molecule has 106 valence electrons. The predicted molar refractivity (Wildman–Crippen MR) is 93.7 cm³/mol. The largest absolute Gasteiger partial charge is 0.383 e. The first-order valence-electron chi connectivity index (χ1n) is 6.24. The summed E-state index contributed by atoms with van der Waals surface area (Å²) in [5.41, 5.74) is 8.87. The monoisotopic (exact) mass is 287 g/mol. The summed E-state index contributed by atoms with van der Waals surface area (Å²) in [7, 11) is 3.97. The summed E-state index contributed by atoms with van der Waals surface area (Å²) in [5, 5.41) is 1.93. The van der Waals surface area contributed by atoms with Gasteiger partial charge in [-0.15, -0.1) is 0 Å². The van der Waals surface area contributed by atoms with Crippen molar-refractivity contribution in [2.75, 3.05) is 19.0 Å². The predicted octanol–water partition coefficient (Wildman–Crippen LogP) is 4.16. The smallest absolute Gasteiger partial charge is 0.137 e. The van der Waals surface area contributed by atoms with Crippen molar-refractivity contribution in [3.63, 3.8) is 0 Å². The molecule has 0 saturated carbocycles. The van der Waals surface area contributed by atoms with Crippen LogP contribution in [0.4, 0.5) is 11.4 Å². The van der Waals surface area contributed by atoms with Crippen molar-refractivity contribution in [1.82, 2.24) is 0 Å². The summed E-state index contributed by atoms with van der Waals surface area (Å²) in [6, 6.07) is 5.89. The first-order valence-corrected chi connectivity index (χ1v) is 7.12. The summed E-state index contributed by atoms with van der Waals surface area (Å²) in [4.78, 5) is 7.17. The van der Waals surface area contributed by atoms with Gasteiger partial charge in [0.05, 0.1) is 5.69 Å². The highest BCUT2D eigenvalue weighted by Gasteiger charge is 2.04. The molecule has 0 fully saturated rings. The molecule has 0 radical (unpaired) electrons. The van der Waals surface area contributed by atoms with Gasteiger partial charge in [-0.2, -0.15) is 0 Å². The van der Waals surface area contributed by atoms with Crippen molar-refractivity contribution in [1.29, 1.82) is 0 Å². The Hall–Kier alpha value is -1.94. The molecule has 1 aromatic rings. The first-order chi connectivity index (χ1) is 9.49. The number of amidine groups is 1. The molecule has 3 nitrogen and oxygen atoms in total. The minimum atomic E-state index is 0.434. The number of benzene rings is 1. The van der Waals surface area contributed by atoms with E-state index in [9.17, 15) is 0 Å². The quantitative estimate of drug-likeness (QED) is 0.631. The lowest BCUT2D eigenvalue weighted by Crippen LogP contribution is -2.12. The average molecular weight is 287 g/mol. The van der Waals surface area contributed by atoms with Crippen LogP contribution < -0.4 is 10.6 Å². The number of hydrogen-bond donors (Lipinski definition) is 1. The molecule has 1 aromatic carbocycles. The van der Waals surface area contributed by atoms with E-state index in [1.54, 1.807) is 0 Å². The Morgan fingerprint density at radius 1 is 1.40 bits per heavy atom. The third kappa shape index (κ3) is 4.31. The molecule has 2 N–H and O–H groups in total. The molecule has 0 unspecified atom stereocenters. The van der Waals surface area contributed by atoms with E-state index < -0.39 is 0 Å². The molecular weight excluding hydrogens is 266 g/mol. The topological polar surface area (TPSA) is 41.6 Å². The van der Waals surface area contributed by atoms with Crippen molar-refractivity contribution in [3.05, 3.63) is 53.3 Å². The van der Waals surface area contributed by atoms with Gasteiger partial charge >= 0.3 is 0 Å². The molecule has 0 bridgehead atoms. The zero-order valence-electron chi connectivity index (χ0n) is 12.3. The normalized spacial score (nSPS) is 11.7. The van der Waals surface area contributed by atoms with Crippen LogP contribution in [-0.4, -0.2) is 19.9 Å². The van der Waals surface area contributed by atoms with Gasteiger partial charge < -0.3 is 10.6 Å². The highest BCUT2D eigenvalue weighted by atomic mass is 32.2. The van der Waals surface area contributed by atoms with Crippen LogP contribution in [0.1, 0.15) is 12.5 Å². The van der Waals surface area contributed by atoms with Gasteiger partial charge in [0.15, 0.2) is 0 Å². The molecule has 0 aliphatic rings. The Labute approximate surface area is 125 Å². The highest BCUT2D eigenvalue weighted by Crippen LogP contribution is 2.27. The third-order valence-corrected chi connectivity index (χ3v) is 3.50. The number of allylic oxidation sites excluding steroid dienone is 1. The van der Waals surface area contributed by atoms with Crippen LogP contribution >= 0.6 is 11.8 Å². The van der Waals surface area contributed by atoms with Crippen LogP contribution in [0.2, 0.25) is 0 Å². The number of nitrogens with zero attached hydrogens (tertiary/aromatic N) is 2. The van der Waals surface area contributed by atoms with E-state index in [0.717, 1.165) is 21.8 Å². The van der Waals surface area contributed by atoms with Gasteiger partial charge in [0, 0.05) is 24.7 Å². The molecule has 0 aromatic heterocycles. The van der Waals surface area contributed by atoms with Crippen molar-refractivity contribution >= 4 is 35.0 Å². The molecule has 20 heavy (non-hydrogen) atoms.